The second-order valence-electron chi connectivity index (χ2n) is 10.3. The number of anilines is 2. The Morgan fingerprint density at radius 2 is 1.76 bits per heavy atom. The topological polar surface area (TPSA) is 124 Å². The van der Waals surface area contributed by atoms with Crippen LogP contribution in [0.25, 0.3) is 0 Å². The molecule has 0 amide bonds. The number of carbonyl (C=O) groups is 1. The Bertz CT molecular complexity index is 1190. The third-order valence-electron chi connectivity index (χ3n) is 6.02. The van der Waals surface area contributed by atoms with Crippen molar-refractivity contribution in [1.82, 2.24) is 14.6 Å². The summed E-state index contributed by atoms with van der Waals surface area (Å²) in [5.41, 5.74) is -0.238. The number of ketones is 1. The van der Waals surface area contributed by atoms with Gasteiger partial charge in [0.2, 0.25) is 15.8 Å². The summed E-state index contributed by atoms with van der Waals surface area (Å²) in [6.07, 6.45) is 2.68. The molecule has 0 unspecified atom stereocenters. The number of halogens is 2. The standard InChI is InChI=1S/C25H37F2N5O4S2/c1-15(2)14-38(35,36)31-18-7-5-17(6-8-18)29-25-30-24(28-9-10-33)23(37-25)22(34)21-19(26)11-16(12-20(21)27)13-32(3)4/h11-12,15,17-18,28,31,33H,5-10,13-14H2,1-4H3,(H,29,30)/t17-,18-. The van der Waals surface area contributed by atoms with E-state index in [1.54, 1.807) is 19.0 Å². The van der Waals surface area contributed by atoms with Gasteiger partial charge in [-0.15, -0.1) is 0 Å². The van der Waals surface area contributed by atoms with Gasteiger partial charge < -0.3 is 20.6 Å². The predicted octanol–water partition coefficient (Wildman–Crippen LogP) is 3.42. The van der Waals surface area contributed by atoms with E-state index in [1.165, 1.54) is 0 Å². The molecular weight excluding hydrogens is 536 g/mol. The van der Waals surface area contributed by atoms with Gasteiger partial charge in [-0.2, -0.15) is 0 Å². The minimum Gasteiger partial charge on any atom is -0.395 e. The molecule has 212 valence electrons. The molecule has 13 heteroatoms. The molecule has 0 aliphatic heterocycles. The fourth-order valence-corrected chi connectivity index (χ4v) is 7.20. The summed E-state index contributed by atoms with van der Waals surface area (Å²) in [5, 5.41) is 15.8. The van der Waals surface area contributed by atoms with E-state index in [1.807, 2.05) is 13.8 Å². The molecule has 0 spiro atoms. The summed E-state index contributed by atoms with van der Waals surface area (Å²) in [5.74, 6) is -2.45. The smallest absolute Gasteiger partial charge is 0.212 e. The normalized spacial score (nSPS) is 18.2. The molecule has 0 radical (unpaired) electrons. The molecule has 1 aromatic heterocycles. The minimum absolute atomic E-state index is 0.000522. The summed E-state index contributed by atoms with van der Waals surface area (Å²) in [6, 6.07) is 2.18. The highest BCUT2D eigenvalue weighted by Crippen LogP contribution is 2.33. The number of thiazole rings is 1. The molecule has 4 N–H and O–H groups in total. The number of sulfonamides is 1. The number of aliphatic hydroxyl groups is 1. The predicted molar refractivity (Wildman–Crippen MR) is 146 cm³/mol. The van der Waals surface area contributed by atoms with Crippen LogP contribution in [0, 0.1) is 17.6 Å². The second kappa shape index (κ2) is 13.2. The fraction of sp³-hybridized carbons (Fsp3) is 0.600. The van der Waals surface area contributed by atoms with Crippen LogP contribution in [0.3, 0.4) is 0 Å². The van der Waals surface area contributed by atoms with E-state index in [4.69, 9.17) is 0 Å². The molecule has 3 rings (SSSR count). The van der Waals surface area contributed by atoms with Crippen molar-refractivity contribution in [3.63, 3.8) is 0 Å². The van der Waals surface area contributed by atoms with Crippen molar-refractivity contribution in [2.75, 3.05) is 43.6 Å². The van der Waals surface area contributed by atoms with E-state index in [0.29, 0.717) is 42.9 Å². The zero-order valence-electron chi connectivity index (χ0n) is 22.2. The Morgan fingerprint density at radius 1 is 1.16 bits per heavy atom. The minimum atomic E-state index is -3.33. The lowest BCUT2D eigenvalue weighted by molar-refractivity contribution is 0.103. The van der Waals surface area contributed by atoms with Crippen molar-refractivity contribution in [1.29, 1.82) is 0 Å². The maximum atomic E-state index is 14.9. The highest BCUT2D eigenvalue weighted by molar-refractivity contribution is 7.89. The summed E-state index contributed by atoms with van der Waals surface area (Å²) in [6.45, 7) is 3.94. The van der Waals surface area contributed by atoms with Gasteiger partial charge in [0.25, 0.3) is 0 Å². The van der Waals surface area contributed by atoms with Crippen molar-refractivity contribution in [3.05, 3.63) is 39.8 Å². The van der Waals surface area contributed by atoms with Crippen molar-refractivity contribution in [2.24, 2.45) is 5.92 Å². The molecule has 0 bridgehead atoms. The number of carbonyl (C=O) groups excluding carboxylic acids is 1. The average Bonchev–Trinajstić information content (AvgIpc) is 3.19. The lowest BCUT2D eigenvalue weighted by Crippen LogP contribution is -2.41. The van der Waals surface area contributed by atoms with Crippen molar-refractivity contribution >= 4 is 38.1 Å². The first kappa shape index (κ1) is 30.4. The first-order valence-electron chi connectivity index (χ1n) is 12.7. The first-order chi connectivity index (χ1) is 17.9. The number of nitrogens with zero attached hydrogens (tertiary/aromatic N) is 2. The summed E-state index contributed by atoms with van der Waals surface area (Å²) >= 11 is 0.987. The maximum Gasteiger partial charge on any atom is 0.212 e. The van der Waals surface area contributed by atoms with Gasteiger partial charge >= 0.3 is 0 Å². The quantitative estimate of drug-likeness (QED) is 0.269. The van der Waals surface area contributed by atoms with Crippen LogP contribution in [0.2, 0.25) is 0 Å². The van der Waals surface area contributed by atoms with E-state index >= 15 is 0 Å². The Labute approximate surface area is 227 Å². The maximum absolute atomic E-state index is 14.9. The van der Waals surface area contributed by atoms with Crippen LogP contribution in [-0.2, 0) is 16.6 Å². The van der Waals surface area contributed by atoms with Gasteiger partial charge in [-0.1, -0.05) is 25.2 Å². The molecule has 2 aromatic rings. The zero-order valence-corrected chi connectivity index (χ0v) is 23.8. The summed E-state index contributed by atoms with van der Waals surface area (Å²) in [4.78, 5) is 19.5. The van der Waals surface area contributed by atoms with Crippen molar-refractivity contribution in [2.45, 2.75) is 58.2 Å². The highest BCUT2D eigenvalue weighted by Gasteiger charge is 2.29. The molecule has 1 fully saturated rings. The first-order valence-corrected chi connectivity index (χ1v) is 15.1. The van der Waals surface area contributed by atoms with Crippen LogP contribution in [0.5, 0.6) is 0 Å². The summed E-state index contributed by atoms with van der Waals surface area (Å²) in [7, 11) is 0.220. The number of benzene rings is 1. The fourth-order valence-electron chi connectivity index (χ4n) is 4.51. The Balaban J connectivity index is 1.73. The second-order valence-corrected chi connectivity index (χ2v) is 13.1. The third kappa shape index (κ3) is 8.40. The van der Waals surface area contributed by atoms with Crippen LogP contribution in [0.1, 0.15) is 60.3 Å². The lowest BCUT2D eigenvalue weighted by Gasteiger charge is -2.29. The highest BCUT2D eigenvalue weighted by atomic mass is 32.2. The Hall–Kier alpha value is -2.19. The summed E-state index contributed by atoms with van der Waals surface area (Å²) < 4.78 is 57.0. The van der Waals surface area contributed by atoms with Gasteiger partial charge in [-0.3, -0.25) is 4.79 Å². The molecule has 1 saturated carbocycles. The van der Waals surface area contributed by atoms with Gasteiger partial charge in [0.05, 0.1) is 17.9 Å². The number of aromatic nitrogens is 1. The van der Waals surface area contributed by atoms with E-state index in [9.17, 15) is 27.1 Å². The monoisotopic (exact) mass is 573 g/mol. The van der Waals surface area contributed by atoms with Crippen LogP contribution < -0.4 is 15.4 Å². The molecule has 1 heterocycles. The van der Waals surface area contributed by atoms with Crippen LogP contribution in [-0.4, -0.2) is 74.3 Å². The molecule has 0 atom stereocenters. The van der Waals surface area contributed by atoms with Gasteiger partial charge in [0.1, 0.15) is 16.5 Å². The number of hydrogen-bond donors (Lipinski definition) is 4. The van der Waals surface area contributed by atoms with Crippen LogP contribution in [0.15, 0.2) is 12.1 Å². The number of rotatable bonds is 13. The van der Waals surface area contributed by atoms with Gasteiger partial charge in [-0.25, -0.2) is 26.9 Å². The molecule has 1 aliphatic carbocycles. The van der Waals surface area contributed by atoms with Gasteiger partial charge in [0, 0.05) is 25.2 Å². The molecule has 1 aliphatic rings. The zero-order chi connectivity index (χ0) is 28.0. The number of hydrogen-bond acceptors (Lipinski definition) is 9. The lowest BCUT2D eigenvalue weighted by atomic mass is 9.92. The van der Waals surface area contributed by atoms with E-state index < -0.39 is 33.0 Å². The van der Waals surface area contributed by atoms with E-state index in [2.05, 4.69) is 20.3 Å². The SMILES string of the molecule is CC(C)CS(=O)(=O)N[C@H]1CC[C@H](Nc2nc(NCCO)c(C(=O)c3c(F)cc(CN(C)C)cc3F)s2)CC1. The van der Waals surface area contributed by atoms with Crippen molar-refractivity contribution in [3.8, 4) is 0 Å². The molecule has 1 aromatic carbocycles. The molecule has 38 heavy (non-hydrogen) atoms. The van der Waals surface area contributed by atoms with Gasteiger partial charge in [-0.05, 0) is 63.4 Å². The Kier molecular flexibility index (Phi) is 10.6. The van der Waals surface area contributed by atoms with Gasteiger partial charge in [0.15, 0.2) is 10.9 Å². The van der Waals surface area contributed by atoms with Crippen LogP contribution >= 0.6 is 11.3 Å². The van der Waals surface area contributed by atoms with E-state index in [0.717, 1.165) is 23.5 Å². The van der Waals surface area contributed by atoms with E-state index in [-0.39, 0.29) is 47.6 Å². The average molecular weight is 574 g/mol. The number of nitrogens with one attached hydrogen (secondary N) is 3. The molecule has 0 saturated heterocycles. The molecular formula is C25H37F2N5O4S2. The Morgan fingerprint density at radius 3 is 2.32 bits per heavy atom. The largest absolute Gasteiger partial charge is 0.395 e. The molecule has 9 nitrogen and oxygen atoms in total. The van der Waals surface area contributed by atoms with Crippen molar-refractivity contribution < 1.29 is 27.1 Å². The van der Waals surface area contributed by atoms with Crippen LogP contribution in [0.4, 0.5) is 19.7 Å². The number of aliphatic hydroxyl groups excluding tert-OH is 1. The third-order valence-corrected chi connectivity index (χ3v) is 8.80.